The molecule has 0 aliphatic heterocycles. The summed E-state index contributed by atoms with van der Waals surface area (Å²) in [5, 5.41) is 8.79. The summed E-state index contributed by atoms with van der Waals surface area (Å²) in [5.74, 6) is 0. The molecule has 0 spiro atoms. The van der Waals surface area contributed by atoms with E-state index in [9.17, 15) is 0 Å². The van der Waals surface area contributed by atoms with Gasteiger partial charge in [-0.25, -0.2) is 0 Å². The first-order valence-electron chi connectivity index (χ1n) is 3.43. The summed E-state index contributed by atoms with van der Waals surface area (Å²) in [4.78, 5) is 0. The van der Waals surface area contributed by atoms with Crippen LogP contribution in [-0.4, -0.2) is 23.9 Å². The topological polar surface area (TPSA) is 29.5 Å². The quantitative estimate of drug-likeness (QED) is 0.622. The van der Waals surface area contributed by atoms with Gasteiger partial charge in [0.25, 0.3) is 0 Å². The number of hydrogen-bond acceptors (Lipinski definition) is 2. The first kappa shape index (κ1) is 8.92. The van der Waals surface area contributed by atoms with Gasteiger partial charge in [-0.15, -0.1) is 0 Å². The molecule has 1 unspecified atom stereocenters. The van der Waals surface area contributed by atoms with Crippen molar-refractivity contribution in [3.8, 4) is 0 Å². The second-order valence-corrected chi connectivity index (χ2v) is 2.39. The summed E-state index contributed by atoms with van der Waals surface area (Å²) < 4.78 is 5.28. The lowest BCUT2D eigenvalue weighted by Crippen LogP contribution is -2.32. The Bertz CT molecular complexity index is 67.3. The standard InChI is InChI=1S/C7H16O2/c1-4-7(3,6-8)9-5-2/h8H,4-6H2,1-3H3. The lowest BCUT2D eigenvalue weighted by Gasteiger charge is -2.24. The third-order valence-corrected chi connectivity index (χ3v) is 1.58. The Morgan fingerprint density at radius 3 is 2.11 bits per heavy atom. The summed E-state index contributed by atoms with van der Waals surface area (Å²) in [5.41, 5.74) is -0.311. The Morgan fingerprint density at radius 1 is 1.44 bits per heavy atom. The highest BCUT2D eigenvalue weighted by molar-refractivity contribution is 4.70. The Kier molecular flexibility index (Phi) is 3.82. The van der Waals surface area contributed by atoms with Crippen LogP contribution in [0.5, 0.6) is 0 Å². The molecule has 0 bridgehead atoms. The Labute approximate surface area is 56.8 Å². The predicted octanol–water partition coefficient (Wildman–Crippen LogP) is 1.18. The van der Waals surface area contributed by atoms with Crippen LogP contribution >= 0.6 is 0 Å². The molecule has 0 aromatic heterocycles. The minimum absolute atomic E-state index is 0.108. The number of aliphatic hydroxyl groups is 1. The number of aliphatic hydroxyl groups excluding tert-OH is 1. The van der Waals surface area contributed by atoms with E-state index < -0.39 is 0 Å². The van der Waals surface area contributed by atoms with E-state index in [1.165, 1.54) is 0 Å². The first-order valence-corrected chi connectivity index (χ1v) is 3.43. The second-order valence-electron chi connectivity index (χ2n) is 2.39. The SMILES string of the molecule is CCOC(C)(CC)CO. The largest absolute Gasteiger partial charge is 0.393 e. The summed E-state index contributed by atoms with van der Waals surface area (Å²) in [6.45, 7) is 6.63. The van der Waals surface area contributed by atoms with Crippen LogP contribution < -0.4 is 0 Å². The van der Waals surface area contributed by atoms with E-state index >= 15 is 0 Å². The lowest BCUT2D eigenvalue weighted by atomic mass is 10.1. The van der Waals surface area contributed by atoms with Crippen molar-refractivity contribution in [2.24, 2.45) is 0 Å². The third-order valence-electron chi connectivity index (χ3n) is 1.58. The Balaban J connectivity index is 3.62. The van der Waals surface area contributed by atoms with Gasteiger partial charge in [0, 0.05) is 6.61 Å². The van der Waals surface area contributed by atoms with Crippen LogP contribution in [-0.2, 0) is 4.74 Å². The average Bonchev–Trinajstić information content (AvgIpc) is 1.89. The van der Waals surface area contributed by atoms with Gasteiger partial charge in [0.1, 0.15) is 0 Å². The normalized spacial score (nSPS) is 17.3. The lowest BCUT2D eigenvalue weighted by molar-refractivity contribution is -0.0635. The summed E-state index contributed by atoms with van der Waals surface area (Å²) in [7, 11) is 0. The van der Waals surface area contributed by atoms with E-state index in [1.807, 2.05) is 20.8 Å². The van der Waals surface area contributed by atoms with Gasteiger partial charge in [-0.3, -0.25) is 0 Å². The Morgan fingerprint density at radius 2 is 2.00 bits per heavy atom. The highest BCUT2D eigenvalue weighted by Crippen LogP contribution is 2.12. The molecule has 0 aliphatic rings. The van der Waals surface area contributed by atoms with Crippen molar-refractivity contribution in [1.82, 2.24) is 0 Å². The number of hydrogen-bond donors (Lipinski definition) is 1. The minimum atomic E-state index is -0.311. The average molecular weight is 132 g/mol. The van der Waals surface area contributed by atoms with Crippen LogP contribution in [0.3, 0.4) is 0 Å². The zero-order valence-electron chi connectivity index (χ0n) is 6.48. The van der Waals surface area contributed by atoms with Crippen LogP contribution in [0.4, 0.5) is 0 Å². The molecule has 1 N–H and O–H groups in total. The van der Waals surface area contributed by atoms with Gasteiger partial charge >= 0.3 is 0 Å². The smallest absolute Gasteiger partial charge is 0.0881 e. The van der Waals surface area contributed by atoms with E-state index in [1.54, 1.807) is 0 Å². The van der Waals surface area contributed by atoms with Gasteiger partial charge in [-0.05, 0) is 20.3 Å². The van der Waals surface area contributed by atoms with Crippen molar-refractivity contribution in [2.75, 3.05) is 13.2 Å². The van der Waals surface area contributed by atoms with Gasteiger partial charge < -0.3 is 9.84 Å². The minimum Gasteiger partial charge on any atom is -0.393 e. The maximum atomic E-state index is 8.79. The van der Waals surface area contributed by atoms with Crippen molar-refractivity contribution in [3.63, 3.8) is 0 Å². The van der Waals surface area contributed by atoms with Gasteiger partial charge in [0.15, 0.2) is 0 Å². The summed E-state index contributed by atoms with van der Waals surface area (Å²) >= 11 is 0. The van der Waals surface area contributed by atoms with E-state index in [0.717, 1.165) is 6.42 Å². The van der Waals surface area contributed by atoms with Crippen LogP contribution in [0.25, 0.3) is 0 Å². The monoisotopic (exact) mass is 132 g/mol. The van der Waals surface area contributed by atoms with Crippen LogP contribution in [0.1, 0.15) is 27.2 Å². The summed E-state index contributed by atoms with van der Waals surface area (Å²) in [6, 6.07) is 0. The first-order chi connectivity index (χ1) is 4.18. The molecule has 0 saturated heterocycles. The molecular weight excluding hydrogens is 116 g/mol. The fraction of sp³-hybridized carbons (Fsp3) is 1.00. The fourth-order valence-electron chi connectivity index (χ4n) is 0.608. The molecule has 0 aliphatic carbocycles. The van der Waals surface area contributed by atoms with Crippen molar-refractivity contribution in [2.45, 2.75) is 32.8 Å². The molecular formula is C7H16O2. The molecule has 0 aromatic carbocycles. The van der Waals surface area contributed by atoms with Gasteiger partial charge in [0.2, 0.25) is 0 Å². The van der Waals surface area contributed by atoms with Crippen molar-refractivity contribution >= 4 is 0 Å². The van der Waals surface area contributed by atoms with E-state index in [-0.39, 0.29) is 12.2 Å². The molecule has 1 atom stereocenters. The molecule has 0 saturated carbocycles. The van der Waals surface area contributed by atoms with Crippen LogP contribution in [0.15, 0.2) is 0 Å². The number of ether oxygens (including phenoxy) is 1. The highest BCUT2D eigenvalue weighted by atomic mass is 16.5. The fourth-order valence-corrected chi connectivity index (χ4v) is 0.608. The Hall–Kier alpha value is -0.0800. The van der Waals surface area contributed by atoms with Gasteiger partial charge in [0.05, 0.1) is 12.2 Å². The zero-order valence-corrected chi connectivity index (χ0v) is 6.48. The third kappa shape index (κ3) is 2.82. The maximum absolute atomic E-state index is 8.79. The molecule has 0 radical (unpaired) electrons. The van der Waals surface area contributed by atoms with E-state index in [0.29, 0.717) is 6.61 Å². The molecule has 56 valence electrons. The molecule has 0 amide bonds. The van der Waals surface area contributed by atoms with Crippen molar-refractivity contribution < 1.29 is 9.84 Å². The molecule has 0 aromatic rings. The molecule has 0 heterocycles. The second kappa shape index (κ2) is 3.85. The van der Waals surface area contributed by atoms with Gasteiger partial charge in [-0.2, -0.15) is 0 Å². The van der Waals surface area contributed by atoms with Crippen LogP contribution in [0, 0.1) is 0 Å². The maximum Gasteiger partial charge on any atom is 0.0881 e. The van der Waals surface area contributed by atoms with E-state index in [4.69, 9.17) is 9.84 Å². The van der Waals surface area contributed by atoms with E-state index in [2.05, 4.69) is 0 Å². The van der Waals surface area contributed by atoms with Gasteiger partial charge in [-0.1, -0.05) is 6.92 Å². The van der Waals surface area contributed by atoms with Crippen LogP contribution in [0.2, 0.25) is 0 Å². The molecule has 2 nitrogen and oxygen atoms in total. The zero-order chi connectivity index (χ0) is 7.33. The predicted molar refractivity (Wildman–Crippen MR) is 37.4 cm³/mol. The molecule has 9 heavy (non-hydrogen) atoms. The van der Waals surface area contributed by atoms with Crippen molar-refractivity contribution in [1.29, 1.82) is 0 Å². The molecule has 0 fully saturated rings. The summed E-state index contributed by atoms with van der Waals surface area (Å²) in [6.07, 6.45) is 0.858. The number of rotatable bonds is 4. The highest BCUT2D eigenvalue weighted by Gasteiger charge is 2.19. The molecule has 2 heteroatoms. The molecule has 0 rings (SSSR count). The van der Waals surface area contributed by atoms with Crippen molar-refractivity contribution in [3.05, 3.63) is 0 Å².